The molecule has 0 spiro atoms. The Morgan fingerprint density at radius 2 is 1.82 bits per heavy atom. The molecule has 176 valence electrons. The van der Waals surface area contributed by atoms with Gasteiger partial charge in [0.2, 0.25) is 0 Å². The molecule has 2 aromatic carbocycles. The lowest BCUT2D eigenvalue weighted by atomic mass is 9.95. The molecule has 1 unspecified atom stereocenters. The number of rotatable bonds is 10. The molecule has 0 aliphatic carbocycles. The molecule has 7 nitrogen and oxygen atoms in total. The van der Waals surface area contributed by atoms with Crippen molar-refractivity contribution in [2.24, 2.45) is 0 Å². The first-order valence-electron chi connectivity index (χ1n) is 11.2. The summed E-state index contributed by atoms with van der Waals surface area (Å²) >= 11 is 0. The molecule has 1 heterocycles. The van der Waals surface area contributed by atoms with Crippen molar-refractivity contribution in [1.82, 2.24) is 9.80 Å². The van der Waals surface area contributed by atoms with E-state index in [1.807, 2.05) is 38.1 Å². The molecule has 2 aromatic rings. The van der Waals surface area contributed by atoms with E-state index >= 15 is 0 Å². The largest absolute Gasteiger partial charge is 0.507 e. The Morgan fingerprint density at radius 1 is 1.09 bits per heavy atom. The molecule has 1 aliphatic heterocycles. The highest BCUT2D eigenvalue weighted by Crippen LogP contribution is 2.40. The Kier molecular flexibility index (Phi) is 8.11. The minimum Gasteiger partial charge on any atom is -0.507 e. The van der Waals surface area contributed by atoms with Gasteiger partial charge in [0.15, 0.2) is 0 Å². The van der Waals surface area contributed by atoms with Crippen molar-refractivity contribution in [2.45, 2.75) is 25.8 Å². The average Bonchev–Trinajstić information content (AvgIpc) is 3.07. The summed E-state index contributed by atoms with van der Waals surface area (Å²) in [5.41, 5.74) is 1.21. The first kappa shape index (κ1) is 24.3. The standard InChI is InChI=1S/C26H32N2O5/c1-5-15-33-21-12-7-10-19(17-21)24(29)22-23(18-9-6-11-20(16-18)32-4)28(26(31)25(22)30)14-8-13-27(2)3/h6-7,9-12,16-17,23,29H,5,8,13-15H2,1-4H3. The van der Waals surface area contributed by atoms with Crippen molar-refractivity contribution in [1.29, 1.82) is 0 Å². The van der Waals surface area contributed by atoms with Gasteiger partial charge in [-0.25, -0.2) is 0 Å². The summed E-state index contributed by atoms with van der Waals surface area (Å²) in [6, 6.07) is 13.5. The molecular formula is C26H32N2O5. The summed E-state index contributed by atoms with van der Waals surface area (Å²) in [5.74, 6) is -0.301. The zero-order valence-corrected chi connectivity index (χ0v) is 19.7. The minimum atomic E-state index is -0.706. The number of nitrogens with zero attached hydrogens (tertiary/aromatic N) is 2. The number of methoxy groups -OCH3 is 1. The molecule has 0 bridgehead atoms. The number of aliphatic hydroxyl groups is 1. The number of carbonyl (C=O) groups excluding carboxylic acids is 2. The topological polar surface area (TPSA) is 79.3 Å². The van der Waals surface area contributed by atoms with Crippen LogP contribution in [0.15, 0.2) is 54.1 Å². The maximum absolute atomic E-state index is 13.1. The molecule has 0 aromatic heterocycles. The fraction of sp³-hybridized carbons (Fsp3) is 0.385. The summed E-state index contributed by atoms with van der Waals surface area (Å²) in [6.45, 7) is 3.71. The van der Waals surface area contributed by atoms with Crippen LogP contribution in [0, 0.1) is 0 Å². The summed E-state index contributed by atoms with van der Waals surface area (Å²) in [6.07, 6.45) is 1.55. The van der Waals surface area contributed by atoms with E-state index in [2.05, 4.69) is 0 Å². The third-order valence-corrected chi connectivity index (χ3v) is 5.53. The number of hydrogen-bond donors (Lipinski definition) is 1. The van der Waals surface area contributed by atoms with E-state index < -0.39 is 17.7 Å². The Bertz CT molecular complexity index is 1030. The summed E-state index contributed by atoms with van der Waals surface area (Å²) in [5, 5.41) is 11.2. The quantitative estimate of drug-likeness (QED) is 0.335. The Labute approximate surface area is 195 Å². The predicted molar refractivity (Wildman–Crippen MR) is 127 cm³/mol. The first-order chi connectivity index (χ1) is 15.9. The highest BCUT2D eigenvalue weighted by Gasteiger charge is 2.45. The number of carbonyl (C=O) groups is 2. The van der Waals surface area contributed by atoms with Gasteiger partial charge >= 0.3 is 0 Å². The van der Waals surface area contributed by atoms with Crippen LogP contribution in [0.4, 0.5) is 0 Å². The monoisotopic (exact) mass is 452 g/mol. The van der Waals surface area contributed by atoms with Crippen molar-refractivity contribution >= 4 is 17.4 Å². The number of Topliss-reactive ketones (excluding diaryl/α,β-unsaturated/α-hetero) is 1. The molecule has 1 N–H and O–H groups in total. The fourth-order valence-corrected chi connectivity index (χ4v) is 3.93. The highest BCUT2D eigenvalue weighted by molar-refractivity contribution is 6.46. The molecule has 1 fully saturated rings. The SMILES string of the molecule is CCCOc1cccc(C(O)=C2C(=O)C(=O)N(CCCN(C)C)C2c2cccc(OC)c2)c1. The Morgan fingerprint density at radius 3 is 2.52 bits per heavy atom. The predicted octanol–water partition coefficient (Wildman–Crippen LogP) is 3.86. The van der Waals surface area contributed by atoms with E-state index in [0.29, 0.717) is 42.2 Å². The lowest BCUT2D eigenvalue weighted by Crippen LogP contribution is -2.32. The van der Waals surface area contributed by atoms with Gasteiger partial charge in [-0.2, -0.15) is 0 Å². The van der Waals surface area contributed by atoms with Gasteiger partial charge in [-0.05, 0) is 63.3 Å². The van der Waals surface area contributed by atoms with Crippen LogP contribution in [0.2, 0.25) is 0 Å². The van der Waals surface area contributed by atoms with E-state index in [4.69, 9.17) is 9.47 Å². The summed E-state index contributed by atoms with van der Waals surface area (Å²) in [7, 11) is 5.48. The number of ether oxygens (including phenoxy) is 2. The Hall–Kier alpha value is -3.32. The number of likely N-dealkylation sites (tertiary alicyclic amines) is 1. The second-order valence-electron chi connectivity index (χ2n) is 8.30. The number of benzene rings is 2. The van der Waals surface area contributed by atoms with Gasteiger partial charge in [-0.1, -0.05) is 31.2 Å². The molecule has 3 rings (SSSR count). The molecule has 1 amide bonds. The van der Waals surface area contributed by atoms with Crippen LogP contribution in [0.1, 0.15) is 36.9 Å². The lowest BCUT2D eigenvalue weighted by molar-refractivity contribution is -0.139. The second-order valence-corrected chi connectivity index (χ2v) is 8.30. The molecule has 0 saturated carbocycles. The normalized spacial score (nSPS) is 17.6. The van der Waals surface area contributed by atoms with Gasteiger partial charge in [0.1, 0.15) is 17.3 Å². The number of aliphatic hydroxyl groups excluding tert-OH is 1. The maximum atomic E-state index is 13.1. The van der Waals surface area contributed by atoms with E-state index in [0.717, 1.165) is 13.0 Å². The molecule has 1 saturated heterocycles. The Balaban J connectivity index is 2.08. The van der Waals surface area contributed by atoms with Gasteiger partial charge in [0.25, 0.3) is 11.7 Å². The maximum Gasteiger partial charge on any atom is 0.295 e. The smallest absolute Gasteiger partial charge is 0.295 e. The van der Waals surface area contributed by atoms with Crippen molar-refractivity contribution in [3.63, 3.8) is 0 Å². The zero-order valence-electron chi connectivity index (χ0n) is 19.7. The van der Waals surface area contributed by atoms with Crippen LogP contribution in [0.5, 0.6) is 11.5 Å². The van der Waals surface area contributed by atoms with Crippen LogP contribution in [-0.4, -0.2) is 67.5 Å². The van der Waals surface area contributed by atoms with Gasteiger partial charge < -0.3 is 24.4 Å². The van der Waals surface area contributed by atoms with Gasteiger partial charge in [-0.15, -0.1) is 0 Å². The van der Waals surface area contributed by atoms with Gasteiger partial charge in [0.05, 0.1) is 25.3 Å². The van der Waals surface area contributed by atoms with E-state index in [9.17, 15) is 14.7 Å². The van der Waals surface area contributed by atoms with E-state index in [1.54, 1.807) is 48.4 Å². The van der Waals surface area contributed by atoms with Crippen molar-refractivity contribution < 1.29 is 24.2 Å². The van der Waals surface area contributed by atoms with Crippen LogP contribution in [-0.2, 0) is 9.59 Å². The van der Waals surface area contributed by atoms with E-state index in [1.165, 1.54) is 0 Å². The van der Waals surface area contributed by atoms with Crippen LogP contribution < -0.4 is 9.47 Å². The molecule has 1 aliphatic rings. The highest BCUT2D eigenvalue weighted by atomic mass is 16.5. The van der Waals surface area contributed by atoms with Gasteiger partial charge in [0, 0.05) is 12.1 Å². The zero-order chi connectivity index (χ0) is 24.0. The van der Waals surface area contributed by atoms with Crippen molar-refractivity contribution in [2.75, 3.05) is 40.9 Å². The molecule has 7 heteroatoms. The minimum absolute atomic E-state index is 0.0748. The average molecular weight is 453 g/mol. The van der Waals surface area contributed by atoms with Crippen LogP contribution >= 0.6 is 0 Å². The molecule has 0 radical (unpaired) electrons. The summed E-state index contributed by atoms with van der Waals surface area (Å²) < 4.78 is 11.0. The number of hydrogen-bond acceptors (Lipinski definition) is 6. The van der Waals surface area contributed by atoms with E-state index in [-0.39, 0.29) is 11.3 Å². The lowest BCUT2D eigenvalue weighted by Gasteiger charge is -2.26. The summed E-state index contributed by atoms with van der Waals surface area (Å²) in [4.78, 5) is 29.7. The van der Waals surface area contributed by atoms with Crippen LogP contribution in [0.3, 0.4) is 0 Å². The first-order valence-corrected chi connectivity index (χ1v) is 11.2. The third kappa shape index (κ3) is 5.54. The van der Waals surface area contributed by atoms with Gasteiger partial charge in [-0.3, -0.25) is 9.59 Å². The fourth-order valence-electron chi connectivity index (χ4n) is 3.93. The molecular weight excluding hydrogens is 420 g/mol. The third-order valence-electron chi connectivity index (χ3n) is 5.53. The number of ketones is 1. The molecule has 1 atom stereocenters. The number of amides is 1. The van der Waals surface area contributed by atoms with Crippen LogP contribution in [0.25, 0.3) is 5.76 Å². The second kappa shape index (κ2) is 11.0. The van der Waals surface area contributed by atoms with Crippen molar-refractivity contribution in [3.05, 3.63) is 65.2 Å². The van der Waals surface area contributed by atoms with Crippen molar-refractivity contribution in [3.8, 4) is 11.5 Å². The molecule has 33 heavy (non-hydrogen) atoms.